The van der Waals surface area contributed by atoms with E-state index in [9.17, 15) is 13.6 Å². The molecule has 2 N–H and O–H groups in total. The number of rotatable bonds is 7. The van der Waals surface area contributed by atoms with Crippen molar-refractivity contribution in [2.24, 2.45) is 0 Å². The Bertz CT molecular complexity index is 1180. The van der Waals surface area contributed by atoms with E-state index in [-0.39, 0.29) is 18.1 Å². The van der Waals surface area contributed by atoms with Gasteiger partial charge in [0, 0.05) is 25.1 Å². The highest BCUT2D eigenvalue weighted by atomic mass is 19.1. The van der Waals surface area contributed by atoms with Crippen LogP contribution < -0.4 is 10.6 Å². The molecule has 4 aromatic rings. The predicted molar refractivity (Wildman–Crippen MR) is 108 cm³/mol. The van der Waals surface area contributed by atoms with Gasteiger partial charge in [0.15, 0.2) is 11.5 Å². The van der Waals surface area contributed by atoms with E-state index in [2.05, 4.69) is 25.9 Å². The molecular formula is C21H18F2N6O. The first-order valence-electron chi connectivity index (χ1n) is 9.32. The van der Waals surface area contributed by atoms with Crippen molar-refractivity contribution in [1.82, 2.24) is 19.8 Å². The van der Waals surface area contributed by atoms with Crippen molar-refractivity contribution in [3.05, 3.63) is 83.7 Å². The normalized spacial score (nSPS) is 10.9. The summed E-state index contributed by atoms with van der Waals surface area (Å²) in [5, 5.41) is 18.4. The van der Waals surface area contributed by atoms with Crippen LogP contribution in [0.1, 0.15) is 17.8 Å². The lowest BCUT2D eigenvalue weighted by atomic mass is 10.2. The summed E-state index contributed by atoms with van der Waals surface area (Å²) < 4.78 is 27.8. The number of aromatic nitrogens is 4. The van der Waals surface area contributed by atoms with E-state index in [0.717, 1.165) is 5.56 Å². The number of carbonyl (C=O) groups excluding carboxylic acids is 1. The van der Waals surface area contributed by atoms with Crippen molar-refractivity contribution >= 4 is 23.1 Å². The first kappa shape index (κ1) is 19.4. The van der Waals surface area contributed by atoms with E-state index < -0.39 is 5.82 Å². The molecule has 0 aliphatic carbocycles. The van der Waals surface area contributed by atoms with E-state index in [4.69, 9.17) is 0 Å². The van der Waals surface area contributed by atoms with Crippen LogP contribution in [0.3, 0.4) is 0 Å². The summed E-state index contributed by atoms with van der Waals surface area (Å²) in [6, 6.07) is 15.5. The van der Waals surface area contributed by atoms with Gasteiger partial charge in [-0.3, -0.25) is 4.79 Å². The Morgan fingerprint density at radius 2 is 1.80 bits per heavy atom. The van der Waals surface area contributed by atoms with Crippen LogP contribution in [0, 0.1) is 11.6 Å². The molecule has 2 aromatic carbocycles. The number of anilines is 2. The maximum Gasteiger partial charge on any atom is 0.224 e. The summed E-state index contributed by atoms with van der Waals surface area (Å²) in [4.78, 5) is 12.2. The van der Waals surface area contributed by atoms with Crippen LogP contribution in [0.2, 0.25) is 0 Å². The lowest BCUT2D eigenvalue weighted by Crippen LogP contribution is -2.14. The fraction of sp³-hybridized carbons (Fsp3) is 0.143. The van der Waals surface area contributed by atoms with Gasteiger partial charge in [-0.25, -0.2) is 8.78 Å². The molecule has 4 rings (SSSR count). The molecule has 0 saturated carbocycles. The predicted octanol–water partition coefficient (Wildman–Crippen LogP) is 3.59. The minimum absolute atomic E-state index is 0.145. The second kappa shape index (κ2) is 8.64. The SMILES string of the molecule is O=C(CCc1nnc2ccc(NCc3ccc(F)cc3)nn12)Nc1cccc(F)c1. The number of nitrogens with zero attached hydrogens (tertiary/aromatic N) is 4. The standard InChI is InChI=1S/C21H18F2N6O/c22-15-6-4-14(5-7-15)13-24-18-8-9-19-26-27-20(29(19)28-18)10-11-21(30)25-17-3-1-2-16(23)12-17/h1-9,12H,10-11,13H2,(H,24,28)(H,25,30). The number of nitrogens with one attached hydrogen (secondary N) is 2. The van der Waals surface area contributed by atoms with Crippen LogP contribution in [-0.2, 0) is 17.8 Å². The Balaban J connectivity index is 1.39. The van der Waals surface area contributed by atoms with Gasteiger partial charge >= 0.3 is 0 Å². The molecule has 7 nitrogen and oxygen atoms in total. The summed E-state index contributed by atoms with van der Waals surface area (Å²) in [7, 11) is 0. The Kier molecular flexibility index (Phi) is 5.60. The molecule has 0 saturated heterocycles. The van der Waals surface area contributed by atoms with Gasteiger partial charge in [0.05, 0.1) is 0 Å². The highest BCUT2D eigenvalue weighted by molar-refractivity contribution is 5.90. The molecule has 0 atom stereocenters. The summed E-state index contributed by atoms with van der Waals surface area (Å²) >= 11 is 0. The second-order valence-corrected chi connectivity index (χ2v) is 6.64. The molecule has 0 aliphatic rings. The van der Waals surface area contributed by atoms with Crippen molar-refractivity contribution in [2.45, 2.75) is 19.4 Å². The molecule has 0 unspecified atom stereocenters. The lowest BCUT2D eigenvalue weighted by Gasteiger charge is -2.07. The van der Waals surface area contributed by atoms with Gasteiger partial charge in [-0.1, -0.05) is 18.2 Å². The number of amides is 1. The fourth-order valence-electron chi connectivity index (χ4n) is 2.89. The number of hydrogen-bond donors (Lipinski definition) is 2. The maximum absolute atomic E-state index is 13.2. The first-order valence-corrected chi connectivity index (χ1v) is 9.32. The number of carbonyl (C=O) groups is 1. The van der Waals surface area contributed by atoms with E-state index in [1.54, 1.807) is 34.8 Å². The van der Waals surface area contributed by atoms with Crippen LogP contribution in [0.4, 0.5) is 20.3 Å². The van der Waals surface area contributed by atoms with Crippen molar-refractivity contribution < 1.29 is 13.6 Å². The third-order valence-corrected chi connectivity index (χ3v) is 4.40. The summed E-state index contributed by atoms with van der Waals surface area (Å²) in [5.41, 5.74) is 1.87. The highest BCUT2D eigenvalue weighted by Crippen LogP contribution is 2.12. The smallest absolute Gasteiger partial charge is 0.224 e. The second-order valence-electron chi connectivity index (χ2n) is 6.64. The van der Waals surface area contributed by atoms with Gasteiger partial charge in [0.1, 0.15) is 17.5 Å². The Morgan fingerprint density at radius 1 is 0.967 bits per heavy atom. The maximum atomic E-state index is 13.2. The minimum Gasteiger partial charge on any atom is -0.365 e. The molecule has 0 radical (unpaired) electrons. The number of aryl methyl sites for hydroxylation is 1. The Labute approximate surface area is 170 Å². The summed E-state index contributed by atoms with van der Waals surface area (Å²) in [5.74, 6) is 0.167. The molecule has 2 aromatic heterocycles. The number of halogens is 2. The van der Waals surface area contributed by atoms with E-state index in [0.29, 0.717) is 35.9 Å². The molecular weight excluding hydrogens is 390 g/mol. The highest BCUT2D eigenvalue weighted by Gasteiger charge is 2.11. The van der Waals surface area contributed by atoms with Crippen LogP contribution in [0.5, 0.6) is 0 Å². The monoisotopic (exact) mass is 408 g/mol. The molecule has 0 bridgehead atoms. The molecule has 0 spiro atoms. The van der Waals surface area contributed by atoms with E-state index in [1.165, 1.54) is 30.3 Å². The molecule has 0 aliphatic heterocycles. The summed E-state index contributed by atoms with van der Waals surface area (Å²) in [6.45, 7) is 0.478. The van der Waals surface area contributed by atoms with E-state index in [1.807, 2.05) is 0 Å². The zero-order valence-electron chi connectivity index (χ0n) is 15.8. The van der Waals surface area contributed by atoms with Crippen molar-refractivity contribution in [3.63, 3.8) is 0 Å². The number of fused-ring (bicyclic) bond motifs is 1. The lowest BCUT2D eigenvalue weighted by molar-refractivity contribution is -0.116. The Hall–Kier alpha value is -3.88. The third kappa shape index (κ3) is 4.75. The minimum atomic E-state index is -0.416. The molecule has 2 heterocycles. The molecule has 0 fully saturated rings. The topological polar surface area (TPSA) is 84.2 Å². The van der Waals surface area contributed by atoms with Crippen LogP contribution in [-0.4, -0.2) is 25.7 Å². The van der Waals surface area contributed by atoms with Gasteiger partial charge < -0.3 is 10.6 Å². The quantitative estimate of drug-likeness (QED) is 0.488. The molecule has 30 heavy (non-hydrogen) atoms. The fourth-order valence-corrected chi connectivity index (χ4v) is 2.89. The zero-order chi connectivity index (χ0) is 20.9. The molecule has 9 heteroatoms. The van der Waals surface area contributed by atoms with Crippen molar-refractivity contribution in [2.75, 3.05) is 10.6 Å². The van der Waals surface area contributed by atoms with Crippen molar-refractivity contribution in [1.29, 1.82) is 0 Å². The van der Waals surface area contributed by atoms with Crippen molar-refractivity contribution in [3.8, 4) is 0 Å². The third-order valence-electron chi connectivity index (χ3n) is 4.40. The average Bonchev–Trinajstić information content (AvgIpc) is 3.14. The van der Waals surface area contributed by atoms with Gasteiger partial charge in [-0.15, -0.1) is 15.3 Å². The number of benzene rings is 2. The van der Waals surface area contributed by atoms with Gasteiger partial charge in [-0.2, -0.15) is 4.52 Å². The van der Waals surface area contributed by atoms with Crippen LogP contribution in [0.25, 0.3) is 5.65 Å². The number of hydrogen-bond acceptors (Lipinski definition) is 5. The first-order chi connectivity index (χ1) is 14.6. The average molecular weight is 408 g/mol. The van der Waals surface area contributed by atoms with E-state index >= 15 is 0 Å². The van der Waals surface area contributed by atoms with Gasteiger partial charge in [0.2, 0.25) is 5.91 Å². The van der Waals surface area contributed by atoms with Gasteiger partial charge in [-0.05, 0) is 48.0 Å². The molecule has 152 valence electrons. The zero-order valence-corrected chi connectivity index (χ0v) is 15.8. The van der Waals surface area contributed by atoms with Gasteiger partial charge in [0.25, 0.3) is 0 Å². The van der Waals surface area contributed by atoms with Crippen LogP contribution >= 0.6 is 0 Å². The largest absolute Gasteiger partial charge is 0.365 e. The summed E-state index contributed by atoms with van der Waals surface area (Å²) in [6.07, 6.45) is 0.461. The molecule has 1 amide bonds. The van der Waals surface area contributed by atoms with Crippen LogP contribution in [0.15, 0.2) is 60.7 Å². The Morgan fingerprint density at radius 3 is 2.60 bits per heavy atom.